The fourth-order valence-corrected chi connectivity index (χ4v) is 5.00. The second-order valence-corrected chi connectivity index (χ2v) is 8.80. The zero-order chi connectivity index (χ0) is 14.9. The third-order valence-corrected chi connectivity index (χ3v) is 6.58. The van der Waals surface area contributed by atoms with Crippen molar-refractivity contribution in [2.45, 2.75) is 63.9 Å². The second kappa shape index (κ2) is 6.02. The van der Waals surface area contributed by atoms with Crippen LogP contribution in [0, 0.1) is 5.92 Å². The van der Waals surface area contributed by atoms with Crippen molar-refractivity contribution in [3.8, 4) is 0 Å². The van der Waals surface area contributed by atoms with Crippen molar-refractivity contribution in [2.75, 3.05) is 12.3 Å². The van der Waals surface area contributed by atoms with Gasteiger partial charge in [0.1, 0.15) is 0 Å². The molecule has 0 radical (unpaired) electrons. The van der Waals surface area contributed by atoms with E-state index in [1.807, 2.05) is 6.92 Å². The molecule has 0 spiro atoms. The molecule has 3 atom stereocenters. The zero-order valence-corrected chi connectivity index (χ0v) is 13.4. The van der Waals surface area contributed by atoms with Gasteiger partial charge >= 0.3 is 0 Å². The van der Waals surface area contributed by atoms with E-state index in [1.54, 1.807) is 4.90 Å². The summed E-state index contributed by atoms with van der Waals surface area (Å²) in [7, 11) is -3.00. The lowest BCUT2D eigenvalue weighted by Gasteiger charge is -2.27. The van der Waals surface area contributed by atoms with Crippen molar-refractivity contribution >= 4 is 15.7 Å². The number of carbonyl (C=O) groups excluding carboxylic acids is 1. The Morgan fingerprint density at radius 2 is 2.10 bits per heavy atom. The van der Waals surface area contributed by atoms with Gasteiger partial charge in [-0.1, -0.05) is 20.8 Å². The van der Waals surface area contributed by atoms with E-state index in [4.69, 9.17) is 0 Å². The summed E-state index contributed by atoms with van der Waals surface area (Å²) in [5.41, 5.74) is 0. The number of nitrogens with one attached hydrogen (secondary N) is 1. The minimum Gasteiger partial charge on any atom is -0.324 e. The van der Waals surface area contributed by atoms with Crippen molar-refractivity contribution < 1.29 is 13.2 Å². The molecule has 0 aromatic heterocycles. The first kappa shape index (κ1) is 15.8. The van der Waals surface area contributed by atoms with Crippen LogP contribution in [0.2, 0.25) is 0 Å². The van der Waals surface area contributed by atoms with E-state index >= 15 is 0 Å². The Morgan fingerprint density at radius 1 is 1.40 bits per heavy atom. The van der Waals surface area contributed by atoms with Crippen LogP contribution in [0.15, 0.2) is 0 Å². The highest BCUT2D eigenvalue weighted by Gasteiger charge is 2.42. The van der Waals surface area contributed by atoms with Gasteiger partial charge in [0, 0.05) is 6.54 Å². The van der Waals surface area contributed by atoms with Crippen molar-refractivity contribution in [3.63, 3.8) is 0 Å². The molecule has 3 unspecified atom stereocenters. The summed E-state index contributed by atoms with van der Waals surface area (Å²) >= 11 is 0. The Labute approximate surface area is 122 Å². The van der Waals surface area contributed by atoms with E-state index < -0.39 is 9.84 Å². The summed E-state index contributed by atoms with van der Waals surface area (Å²) in [6.45, 7) is 6.59. The summed E-state index contributed by atoms with van der Waals surface area (Å²) in [4.78, 5) is 14.2. The number of sulfone groups is 1. The predicted octanol–water partition coefficient (Wildman–Crippen LogP) is 1.15. The summed E-state index contributed by atoms with van der Waals surface area (Å²) < 4.78 is 24.0. The average Bonchev–Trinajstić information content (AvgIpc) is 2.82. The Bertz CT molecular complexity index is 461. The largest absolute Gasteiger partial charge is 0.324 e. The van der Waals surface area contributed by atoms with E-state index in [0.29, 0.717) is 18.9 Å². The van der Waals surface area contributed by atoms with Gasteiger partial charge in [-0.3, -0.25) is 10.1 Å². The molecule has 2 fully saturated rings. The number of hydrogen-bond donors (Lipinski definition) is 1. The highest BCUT2D eigenvalue weighted by Crippen LogP contribution is 2.25. The van der Waals surface area contributed by atoms with Gasteiger partial charge in [0.15, 0.2) is 9.84 Å². The summed E-state index contributed by atoms with van der Waals surface area (Å²) in [6.07, 6.45) is 3.03. The molecule has 0 bridgehead atoms. The number of nitrogens with zero attached hydrogens (tertiary/aromatic N) is 1. The lowest BCUT2D eigenvalue weighted by Crippen LogP contribution is -2.43. The fraction of sp³-hybridized carbons (Fsp3) is 0.929. The van der Waals surface area contributed by atoms with E-state index in [-0.39, 0.29) is 29.1 Å². The van der Waals surface area contributed by atoms with Gasteiger partial charge in [-0.05, 0) is 31.6 Å². The first-order valence-corrected chi connectivity index (χ1v) is 9.34. The minimum atomic E-state index is -3.00. The molecule has 2 aliphatic rings. The Balaban J connectivity index is 2.11. The van der Waals surface area contributed by atoms with Gasteiger partial charge in [0.05, 0.1) is 23.2 Å². The van der Waals surface area contributed by atoms with E-state index in [0.717, 1.165) is 19.3 Å². The number of amides is 1. The molecule has 2 saturated heterocycles. The van der Waals surface area contributed by atoms with Crippen LogP contribution in [-0.4, -0.2) is 49.0 Å². The third-order valence-electron chi connectivity index (χ3n) is 4.32. The Hall–Kier alpha value is -0.620. The quantitative estimate of drug-likeness (QED) is 0.827. The Morgan fingerprint density at radius 3 is 2.60 bits per heavy atom. The number of hydrogen-bond acceptors (Lipinski definition) is 4. The van der Waals surface area contributed by atoms with E-state index in [2.05, 4.69) is 19.2 Å². The topological polar surface area (TPSA) is 66.5 Å². The van der Waals surface area contributed by atoms with Crippen LogP contribution in [0.5, 0.6) is 0 Å². The molecule has 2 rings (SSSR count). The van der Waals surface area contributed by atoms with Gasteiger partial charge in [0.2, 0.25) is 5.91 Å². The molecule has 0 aromatic carbocycles. The molecule has 6 heteroatoms. The molecular weight excluding hydrogens is 276 g/mol. The lowest BCUT2D eigenvalue weighted by molar-refractivity contribution is -0.130. The van der Waals surface area contributed by atoms with Gasteiger partial charge < -0.3 is 4.90 Å². The highest BCUT2D eigenvalue weighted by atomic mass is 32.2. The maximum Gasteiger partial charge on any atom is 0.241 e. The first-order valence-electron chi connectivity index (χ1n) is 7.63. The van der Waals surface area contributed by atoms with Gasteiger partial charge in [-0.15, -0.1) is 0 Å². The predicted molar refractivity (Wildman–Crippen MR) is 79.0 cm³/mol. The molecule has 5 nitrogen and oxygen atoms in total. The van der Waals surface area contributed by atoms with Crippen molar-refractivity contribution in [1.82, 2.24) is 10.2 Å². The highest BCUT2D eigenvalue weighted by molar-refractivity contribution is 7.92. The lowest BCUT2D eigenvalue weighted by atomic mass is 10.1. The molecule has 20 heavy (non-hydrogen) atoms. The molecule has 0 saturated carbocycles. The van der Waals surface area contributed by atoms with Crippen LogP contribution in [0.1, 0.15) is 46.5 Å². The van der Waals surface area contributed by atoms with Crippen LogP contribution in [-0.2, 0) is 14.6 Å². The zero-order valence-electron chi connectivity index (χ0n) is 12.6. The number of rotatable bonds is 5. The van der Waals surface area contributed by atoms with E-state index in [1.165, 1.54) is 0 Å². The molecule has 2 aliphatic heterocycles. The molecule has 1 amide bonds. The summed E-state index contributed by atoms with van der Waals surface area (Å²) in [5, 5.41) is 2.99. The molecule has 1 N–H and O–H groups in total. The maximum absolute atomic E-state index is 12.4. The fourth-order valence-electron chi connectivity index (χ4n) is 3.18. The van der Waals surface area contributed by atoms with Gasteiger partial charge in [-0.25, -0.2) is 8.42 Å². The van der Waals surface area contributed by atoms with Gasteiger partial charge in [0.25, 0.3) is 0 Å². The van der Waals surface area contributed by atoms with Gasteiger partial charge in [-0.2, -0.15) is 0 Å². The Kier molecular flexibility index (Phi) is 4.74. The molecule has 116 valence electrons. The molecule has 0 aromatic rings. The van der Waals surface area contributed by atoms with Crippen LogP contribution < -0.4 is 5.32 Å². The minimum absolute atomic E-state index is 0.0109. The van der Waals surface area contributed by atoms with Crippen molar-refractivity contribution in [3.05, 3.63) is 0 Å². The van der Waals surface area contributed by atoms with Crippen molar-refractivity contribution in [1.29, 1.82) is 0 Å². The molecule has 0 aliphatic carbocycles. The van der Waals surface area contributed by atoms with Crippen LogP contribution in [0.4, 0.5) is 0 Å². The monoisotopic (exact) mass is 302 g/mol. The first-order chi connectivity index (χ1) is 9.35. The SMILES string of the molecule is CCC1NC(CC(C)C)N(CC2CCCS2(=O)=O)C1=O. The van der Waals surface area contributed by atoms with Crippen LogP contribution >= 0.6 is 0 Å². The molecule has 2 heterocycles. The molecular formula is C14H26N2O3S. The van der Waals surface area contributed by atoms with Crippen LogP contribution in [0.3, 0.4) is 0 Å². The second-order valence-electron chi connectivity index (χ2n) is 6.39. The third kappa shape index (κ3) is 3.17. The normalized spacial score (nSPS) is 33.3. The summed E-state index contributed by atoms with van der Waals surface area (Å²) in [6, 6.07) is -0.150. The average molecular weight is 302 g/mol. The number of carbonyl (C=O) groups is 1. The van der Waals surface area contributed by atoms with E-state index in [9.17, 15) is 13.2 Å². The summed E-state index contributed by atoms with van der Waals surface area (Å²) in [5.74, 6) is 0.818. The smallest absolute Gasteiger partial charge is 0.241 e. The van der Waals surface area contributed by atoms with Crippen LogP contribution in [0.25, 0.3) is 0 Å². The van der Waals surface area contributed by atoms with Crippen molar-refractivity contribution in [2.24, 2.45) is 5.92 Å². The maximum atomic E-state index is 12.4. The standard InChI is InChI=1S/C14H26N2O3S/c1-4-12-14(17)16(13(15-12)8-10(2)3)9-11-6-5-7-20(11,18)19/h10-13,15H,4-9H2,1-3H3.